The number of nitrogens with zero attached hydrogens (tertiary/aromatic N) is 3. The van der Waals surface area contributed by atoms with Gasteiger partial charge in [-0.3, -0.25) is 4.79 Å². The summed E-state index contributed by atoms with van der Waals surface area (Å²) in [5.74, 6) is -0.126. The summed E-state index contributed by atoms with van der Waals surface area (Å²) in [7, 11) is 0. The van der Waals surface area contributed by atoms with Crippen molar-refractivity contribution in [2.45, 2.75) is 25.9 Å². The van der Waals surface area contributed by atoms with Crippen molar-refractivity contribution in [3.63, 3.8) is 0 Å². The third-order valence-corrected chi connectivity index (χ3v) is 3.52. The zero-order chi connectivity index (χ0) is 13.5. The third-order valence-electron chi connectivity index (χ3n) is 2.65. The van der Waals surface area contributed by atoms with Crippen LogP contribution in [-0.4, -0.2) is 27.0 Å². The van der Waals surface area contributed by atoms with Gasteiger partial charge in [0.15, 0.2) is 0 Å². The molecule has 7 heteroatoms. The Labute approximate surface area is 115 Å². The summed E-state index contributed by atoms with van der Waals surface area (Å²) in [6.45, 7) is 1.95. The van der Waals surface area contributed by atoms with Crippen molar-refractivity contribution < 1.29 is 4.79 Å². The Morgan fingerprint density at radius 3 is 3.05 bits per heavy atom. The number of imidazole rings is 1. The van der Waals surface area contributed by atoms with Gasteiger partial charge in [-0.05, 0) is 12.8 Å². The molecule has 6 nitrogen and oxygen atoms in total. The highest BCUT2D eigenvalue weighted by molar-refractivity contribution is 7.09. The summed E-state index contributed by atoms with van der Waals surface area (Å²) in [4.78, 5) is 19.9. The minimum atomic E-state index is -0.126. The number of rotatable bonds is 7. The van der Waals surface area contributed by atoms with Crippen molar-refractivity contribution in [2.75, 3.05) is 6.54 Å². The molecule has 0 atom stereocenters. The van der Waals surface area contributed by atoms with Crippen LogP contribution in [0.3, 0.4) is 0 Å². The number of unbranched alkanes of at least 4 members (excludes halogenated alkanes) is 1. The normalized spacial score (nSPS) is 10.6. The fourth-order valence-electron chi connectivity index (χ4n) is 1.64. The van der Waals surface area contributed by atoms with E-state index >= 15 is 0 Å². The van der Waals surface area contributed by atoms with Gasteiger partial charge >= 0.3 is 0 Å². The zero-order valence-electron chi connectivity index (χ0n) is 10.6. The molecular weight excluding hydrogens is 262 g/mol. The number of carbonyl (C=O) groups is 1. The second-order valence-corrected chi connectivity index (χ2v) is 5.04. The Morgan fingerprint density at radius 1 is 1.47 bits per heavy atom. The zero-order valence-corrected chi connectivity index (χ0v) is 11.4. The Hall–Kier alpha value is -1.73. The summed E-state index contributed by atoms with van der Waals surface area (Å²) in [5.41, 5.74) is 5.92. The average Bonchev–Trinajstić information content (AvgIpc) is 3.09. The van der Waals surface area contributed by atoms with Gasteiger partial charge in [0.2, 0.25) is 0 Å². The largest absolute Gasteiger partial charge is 0.351 e. The quantitative estimate of drug-likeness (QED) is 0.741. The number of hydrogen-bond acceptors (Lipinski definition) is 5. The van der Waals surface area contributed by atoms with Gasteiger partial charge in [-0.15, -0.1) is 11.3 Å². The van der Waals surface area contributed by atoms with Gasteiger partial charge < -0.3 is 15.6 Å². The van der Waals surface area contributed by atoms with Crippen LogP contribution in [0.4, 0.5) is 0 Å². The Morgan fingerprint density at radius 2 is 2.37 bits per heavy atom. The topological polar surface area (TPSA) is 85.8 Å². The van der Waals surface area contributed by atoms with Gasteiger partial charge in [0.25, 0.3) is 5.91 Å². The van der Waals surface area contributed by atoms with Gasteiger partial charge in [-0.2, -0.15) is 0 Å². The molecule has 0 fully saturated rings. The monoisotopic (exact) mass is 279 g/mol. The maximum atomic E-state index is 11.7. The standard InChI is InChI=1S/C12H17N5OS/c13-7-11-16-10(8-19-11)12(18)15-3-1-2-5-17-6-4-14-9-17/h4,6,8-9H,1-3,5,7,13H2,(H,15,18). The Balaban J connectivity index is 1.64. The molecule has 0 saturated carbocycles. The average molecular weight is 279 g/mol. The van der Waals surface area contributed by atoms with E-state index in [0.29, 0.717) is 18.8 Å². The molecule has 0 aromatic carbocycles. The molecule has 0 aliphatic carbocycles. The second-order valence-electron chi connectivity index (χ2n) is 4.09. The number of thiazole rings is 1. The van der Waals surface area contributed by atoms with Crippen LogP contribution in [0.2, 0.25) is 0 Å². The first-order chi connectivity index (χ1) is 9.29. The molecule has 0 spiro atoms. The number of nitrogens with one attached hydrogen (secondary N) is 1. The summed E-state index contributed by atoms with van der Waals surface area (Å²) in [5, 5.41) is 5.38. The molecule has 2 rings (SSSR count). The maximum Gasteiger partial charge on any atom is 0.270 e. The SMILES string of the molecule is NCc1nc(C(=O)NCCCCn2ccnc2)cs1. The predicted molar refractivity (Wildman–Crippen MR) is 73.8 cm³/mol. The fourth-order valence-corrected chi connectivity index (χ4v) is 2.29. The Bertz CT molecular complexity index is 508. The first-order valence-corrected chi connectivity index (χ1v) is 7.06. The minimum Gasteiger partial charge on any atom is -0.351 e. The van der Waals surface area contributed by atoms with Crippen LogP contribution in [0.1, 0.15) is 28.3 Å². The molecule has 0 bridgehead atoms. The Kier molecular flexibility index (Phi) is 5.05. The second kappa shape index (κ2) is 7.01. The van der Waals surface area contributed by atoms with Crippen molar-refractivity contribution in [2.24, 2.45) is 5.73 Å². The molecule has 102 valence electrons. The minimum absolute atomic E-state index is 0.126. The summed E-state index contributed by atoms with van der Waals surface area (Å²) < 4.78 is 2.02. The van der Waals surface area contributed by atoms with E-state index in [1.807, 2.05) is 10.8 Å². The molecule has 0 aliphatic rings. The van der Waals surface area contributed by atoms with Crippen LogP contribution in [0.5, 0.6) is 0 Å². The number of hydrogen-bond donors (Lipinski definition) is 2. The maximum absolute atomic E-state index is 11.7. The van der Waals surface area contributed by atoms with Crippen molar-refractivity contribution in [1.29, 1.82) is 0 Å². The van der Waals surface area contributed by atoms with Crippen LogP contribution in [0.25, 0.3) is 0 Å². The molecule has 3 N–H and O–H groups in total. The first kappa shape index (κ1) is 13.7. The van der Waals surface area contributed by atoms with Crippen LogP contribution < -0.4 is 11.1 Å². The number of nitrogens with two attached hydrogens (primary N) is 1. The lowest BCUT2D eigenvalue weighted by atomic mass is 10.3. The van der Waals surface area contributed by atoms with Gasteiger partial charge in [0.1, 0.15) is 10.7 Å². The lowest BCUT2D eigenvalue weighted by Gasteiger charge is -2.04. The van der Waals surface area contributed by atoms with Crippen LogP contribution in [0.15, 0.2) is 24.1 Å². The van der Waals surface area contributed by atoms with E-state index in [1.54, 1.807) is 17.9 Å². The van der Waals surface area contributed by atoms with E-state index in [-0.39, 0.29) is 5.91 Å². The number of carbonyl (C=O) groups excluding carboxylic acids is 1. The van der Waals surface area contributed by atoms with E-state index < -0.39 is 0 Å². The number of aromatic nitrogens is 3. The summed E-state index contributed by atoms with van der Waals surface area (Å²) in [6.07, 6.45) is 7.42. The van der Waals surface area contributed by atoms with Gasteiger partial charge in [-0.1, -0.05) is 0 Å². The highest BCUT2D eigenvalue weighted by atomic mass is 32.1. The molecule has 0 unspecified atom stereocenters. The van der Waals surface area contributed by atoms with Gasteiger partial charge in [0, 0.05) is 37.4 Å². The molecule has 19 heavy (non-hydrogen) atoms. The number of aryl methyl sites for hydroxylation is 1. The molecule has 1 amide bonds. The van der Waals surface area contributed by atoms with Crippen molar-refractivity contribution >= 4 is 17.2 Å². The van der Waals surface area contributed by atoms with E-state index in [0.717, 1.165) is 24.4 Å². The van der Waals surface area contributed by atoms with E-state index in [4.69, 9.17) is 5.73 Å². The van der Waals surface area contributed by atoms with Crippen LogP contribution in [0, 0.1) is 0 Å². The molecule has 0 aliphatic heterocycles. The first-order valence-electron chi connectivity index (χ1n) is 6.18. The molecule has 0 saturated heterocycles. The van der Waals surface area contributed by atoms with Crippen molar-refractivity contribution in [3.8, 4) is 0 Å². The lowest BCUT2D eigenvalue weighted by Crippen LogP contribution is -2.25. The summed E-state index contributed by atoms with van der Waals surface area (Å²) >= 11 is 1.41. The lowest BCUT2D eigenvalue weighted by molar-refractivity contribution is 0.0948. The third kappa shape index (κ3) is 4.15. The molecule has 2 heterocycles. The van der Waals surface area contributed by atoms with Crippen molar-refractivity contribution in [1.82, 2.24) is 19.9 Å². The van der Waals surface area contributed by atoms with Crippen molar-refractivity contribution in [3.05, 3.63) is 34.8 Å². The van der Waals surface area contributed by atoms with Crippen LogP contribution in [-0.2, 0) is 13.1 Å². The number of amides is 1. The van der Waals surface area contributed by atoms with E-state index in [2.05, 4.69) is 15.3 Å². The van der Waals surface area contributed by atoms with Gasteiger partial charge in [-0.25, -0.2) is 9.97 Å². The smallest absolute Gasteiger partial charge is 0.270 e. The molecule has 2 aromatic heterocycles. The summed E-state index contributed by atoms with van der Waals surface area (Å²) in [6, 6.07) is 0. The predicted octanol–water partition coefficient (Wildman–Crippen LogP) is 1.01. The van der Waals surface area contributed by atoms with Crippen LogP contribution >= 0.6 is 11.3 Å². The fraction of sp³-hybridized carbons (Fsp3) is 0.417. The molecule has 2 aromatic rings. The van der Waals surface area contributed by atoms with Gasteiger partial charge in [0.05, 0.1) is 6.33 Å². The van der Waals surface area contributed by atoms with E-state index in [1.165, 1.54) is 11.3 Å². The molecular formula is C12H17N5OS. The van der Waals surface area contributed by atoms with E-state index in [9.17, 15) is 4.79 Å². The molecule has 0 radical (unpaired) electrons. The highest BCUT2D eigenvalue weighted by Gasteiger charge is 2.08. The highest BCUT2D eigenvalue weighted by Crippen LogP contribution is 2.08.